The highest BCUT2D eigenvalue weighted by molar-refractivity contribution is 7.89. The lowest BCUT2D eigenvalue weighted by Crippen LogP contribution is -2.30. The molecule has 1 amide bonds. The Balaban J connectivity index is 1.87. The van der Waals surface area contributed by atoms with Crippen molar-refractivity contribution in [3.8, 4) is 6.07 Å². The zero-order chi connectivity index (χ0) is 24.9. The van der Waals surface area contributed by atoms with Gasteiger partial charge in [-0.05, 0) is 42.8 Å². The number of fused-ring (bicyclic) bond motifs is 1. The van der Waals surface area contributed by atoms with Gasteiger partial charge in [-0.25, -0.2) is 13.4 Å². The van der Waals surface area contributed by atoms with Crippen LogP contribution in [0.1, 0.15) is 45.0 Å². The fraction of sp³-hybridized carbons (Fsp3) is 0.400. The van der Waals surface area contributed by atoms with Gasteiger partial charge in [-0.1, -0.05) is 26.8 Å². The molecular weight excluding hydrogens is 450 g/mol. The number of carbonyl (C=O) groups excluding carboxylic acids is 1. The summed E-state index contributed by atoms with van der Waals surface area (Å²) < 4.78 is 29.4. The predicted molar refractivity (Wildman–Crippen MR) is 133 cm³/mol. The van der Waals surface area contributed by atoms with E-state index in [4.69, 9.17) is 10.2 Å². The minimum Gasteiger partial charge on any atom is -0.328 e. The SMILES string of the molecule is CCCn1c(CCC(=O)N(C)c2cccc(C#N)c2)nc2cc(S(=O)(=O)N(CC)CC)ccc21. The standard InChI is InChI=1S/C25H31N5O3S/c1-5-15-30-23-12-11-21(34(32,33)29(6-2)7-3)17-22(23)27-24(30)13-14-25(31)28(4)20-10-8-9-19(16-20)18-26/h8-12,16-17H,5-7,13-15H2,1-4H3. The van der Waals surface area contributed by atoms with E-state index in [1.54, 1.807) is 54.4 Å². The summed E-state index contributed by atoms with van der Waals surface area (Å²) in [5, 5.41) is 9.11. The Morgan fingerprint density at radius 1 is 1.12 bits per heavy atom. The van der Waals surface area contributed by atoms with Gasteiger partial charge >= 0.3 is 0 Å². The molecule has 0 saturated heterocycles. The highest BCUT2D eigenvalue weighted by Crippen LogP contribution is 2.24. The molecular formula is C25H31N5O3S. The number of nitriles is 1. The summed E-state index contributed by atoms with van der Waals surface area (Å²) in [6.45, 7) is 7.23. The van der Waals surface area contributed by atoms with Crippen molar-refractivity contribution in [2.45, 2.75) is 51.5 Å². The van der Waals surface area contributed by atoms with Crippen LogP contribution in [-0.4, -0.2) is 48.3 Å². The molecule has 3 aromatic rings. The van der Waals surface area contributed by atoms with E-state index < -0.39 is 10.0 Å². The first-order chi connectivity index (χ1) is 16.3. The summed E-state index contributed by atoms with van der Waals surface area (Å²) in [5.74, 6) is 0.664. The fourth-order valence-electron chi connectivity index (χ4n) is 4.01. The van der Waals surface area contributed by atoms with Crippen molar-refractivity contribution in [3.63, 3.8) is 0 Å². The van der Waals surface area contributed by atoms with Crippen molar-refractivity contribution < 1.29 is 13.2 Å². The Hall–Kier alpha value is -3.22. The summed E-state index contributed by atoms with van der Waals surface area (Å²) in [7, 11) is -1.89. The summed E-state index contributed by atoms with van der Waals surface area (Å²) >= 11 is 0. The topological polar surface area (TPSA) is 99.3 Å². The molecule has 0 aliphatic rings. The first-order valence-corrected chi connectivity index (χ1v) is 13.0. The van der Waals surface area contributed by atoms with Crippen molar-refractivity contribution in [3.05, 3.63) is 53.9 Å². The Labute approximate surface area is 201 Å². The van der Waals surface area contributed by atoms with Crippen LogP contribution in [-0.2, 0) is 27.8 Å². The van der Waals surface area contributed by atoms with Crippen molar-refractivity contribution in [2.24, 2.45) is 0 Å². The fourth-order valence-corrected chi connectivity index (χ4v) is 5.49. The van der Waals surface area contributed by atoms with Crippen LogP contribution in [0, 0.1) is 11.3 Å². The highest BCUT2D eigenvalue weighted by Gasteiger charge is 2.23. The maximum absolute atomic E-state index is 12.9. The van der Waals surface area contributed by atoms with Gasteiger partial charge < -0.3 is 9.47 Å². The largest absolute Gasteiger partial charge is 0.328 e. The number of sulfonamides is 1. The van der Waals surface area contributed by atoms with Crippen LogP contribution in [0.4, 0.5) is 5.69 Å². The van der Waals surface area contributed by atoms with Crippen LogP contribution in [0.25, 0.3) is 11.0 Å². The van der Waals surface area contributed by atoms with Crippen LogP contribution in [0.3, 0.4) is 0 Å². The van der Waals surface area contributed by atoms with E-state index in [9.17, 15) is 13.2 Å². The zero-order valence-electron chi connectivity index (χ0n) is 20.2. The van der Waals surface area contributed by atoms with Crippen molar-refractivity contribution in [1.82, 2.24) is 13.9 Å². The number of hydrogen-bond acceptors (Lipinski definition) is 5. The van der Waals surface area contributed by atoms with Crippen molar-refractivity contribution >= 4 is 32.7 Å². The monoisotopic (exact) mass is 481 g/mol. The van der Waals surface area contributed by atoms with Gasteiger partial charge in [0, 0.05) is 45.2 Å². The molecule has 2 aromatic carbocycles. The van der Waals surface area contributed by atoms with Gasteiger partial charge in [0.15, 0.2) is 0 Å². The molecule has 1 aromatic heterocycles. The number of anilines is 1. The normalized spacial score (nSPS) is 11.6. The first kappa shape index (κ1) is 25.4. The average molecular weight is 482 g/mol. The molecule has 0 spiro atoms. The lowest BCUT2D eigenvalue weighted by atomic mass is 10.2. The number of hydrogen-bond donors (Lipinski definition) is 0. The lowest BCUT2D eigenvalue weighted by Gasteiger charge is -2.18. The molecule has 0 atom stereocenters. The van der Waals surface area contributed by atoms with Gasteiger partial charge in [0.2, 0.25) is 15.9 Å². The summed E-state index contributed by atoms with van der Waals surface area (Å²) in [6.07, 6.45) is 1.55. The Morgan fingerprint density at radius 3 is 2.50 bits per heavy atom. The van der Waals surface area contributed by atoms with Gasteiger partial charge in [-0.15, -0.1) is 0 Å². The maximum Gasteiger partial charge on any atom is 0.243 e. The molecule has 1 heterocycles. The number of aromatic nitrogens is 2. The number of amides is 1. The van der Waals surface area contributed by atoms with Gasteiger partial charge in [-0.3, -0.25) is 4.79 Å². The Bertz CT molecular complexity index is 1320. The molecule has 0 saturated carbocycles. The third kappa shape index (κ3) is 5.13. The average Bonchev–Trinajstić information content (AvgIpc) is 3.19. The minimum atomic E-state index is -3.58. The van der Waals surface area contributed by atoms with Gasteiger partial charge in [0.1, 0.15) is 5.82 Å². The maximum atomic E-state index is 12.9. The smallest absolute Gasteiger partial charge is 0.243 e. The molecule has 0 unspecified atom stereocenters. The molecule has 0 bridgehead atoms. The first-order valence-electron chi connectivity index (χ1n) is 11.5. The Kier molecular flexibility index (Phi) is 8.07. The summed E-state index contributed by atoms with van der Waals surface area (Å²) in [6, 6.07) is 14.1. The number of aryl methyl sites for hydroxylation is 2. The second-order valence-electron chi connectivity index (χ2n) is 8.03. The van der Waals surface area contributed by atoms with Crippen LogP contribution in [0.2, 0.25) is 0 Å². The number of nitrogens with zero attached hydrogens (tertiary/aromatic N) is 5. The summed E-state index contributed by atoms with van der Waals surface area (Å²) in [5.41, 5.74) is 2.63. The molecule has 0 radical (unpaired) electrons. The van der Waals surface area contributed by atoms with Crippen molar-refractivity contribution in [1.29, 1.82) is 5.26 Å². The van der Waals surface area contributed by atoms with Crippen LogP contribution in [0.5, 0.6) is 0 Å². The number of benzene rings is 2. The molecule has 0 N–H and O–H groups in total. The molecule has 8 nitrogen and oxygen atoms in total. The Morgan fingerprint density at radius 2 is 1.85 bits per heavy atom. The second-order valence-corrected chi connectivity index (χ2v) is 9.97. The van der Waals surface area contributed by atoms with E-state index in [1.165, 1.54) is 4.31 Å². The third-order valence-corrected chi connectivity index (χ3v) is 7.93. The van der Waals surface area contributed by atoms with E-state index in [2.05, 4.69) is 17.6 Å². The van der Waals surface area contributed by atoms with E-state index in [0.29, 0.717) is 36.3 Å². The van der Waals surface area contributed by atoms with Gasteiger partial charge in [0.25, 0.3) is 0 Å². The highest BCUT2D eigenvalue weighted by atomic mass is 32.2. The third-order valence-electron chi connectivity index (χ3n) is 5.89. The van der Waals surface area contributed by atoms with E-state index in [-0.39, 0.29) is 17.2 Å². The molecule has 34 heavy (non-hydrogen) atoms. The van der Waals surface area contributed by atoms with E-state index >= 15 is 0 Å². The molecule has 180 valence electrons. The summed E-state index contributed by atoms with van der Waals surface area (Å²) in [4.78, 5) is 19.3. The van der Waals surface area contributed by atoms with Crippen LogP contribution in [0.15, 0.2) is 47.4 Å². The lowest BCUT2D eigenvalue weighted by molar-refractivity contribution is -0.118. The predicted octanol–water partition coefficient (Wildman–Crippen LogP) is 3.94. The van der Waals surface area contributed by atoms with Crippen molar-refractivity contribution in [2.75, 3.05) is 25.0 Å². The quantitative estimate of drug-likeness (QED) is 0.437. The molecule has 3 rings (SSSR count). The number of carbonyl (C=O) groups is 1. The van der Waals surface area contributed by atoms with Crippen LogP contribution < -0.4 is 4.90 Å². The van der Waals surface area contributed by atoms with Crippen LogP contribution >= 0.6 is 0 Å². The molecule has 0 fully saturated rings. The molecule has 0 aliphatic carbocycles. The van der Waals surface area contributed by atoms with E-state index in [0.717, 1.165) is 24.3 Å². The van der Waals surface area contributed by atoms with E-state index in [1.807, 2.05) is 13.8 Å². The van der Waals surface area contributed by atoms with Gasteiger partial charge in [0.05, 0.1) is 27.6 Å². The molecule has 9 heteroatoms. The number of imidazole rings is 1. The zero-order valence-corrected chi connectivity index (χ0v) is 21.0. The molecule has 0 aliphatic heterocycles. The minimum absolute atomic E-state index is 0.0880. The number of rotatable bonds is 10. The van der Waals surface area contributed by atoms with Gasteiger partial charge in [-0.2, -0.15) is 9.57 Å². The second kappa shape index (κ2) is 10.8.